The Bertz CT molecular complexity index is 1810. The van der Waals surface area contributed by atoms with Crippen LogP contribution in [0.15, 0.2) is 63.8 Å². The van der Waals surface area contributed by atoms with Gasteiger partial charge in [0.1, 0.15) is 5.58 Å². The SMILES string of the molecule is Cc1cc2oc(-c3ccccc3Cl)c(OC(=O)CCCN3C(=O)c4ccc([N+](=O)[O-])cc4C3=O)c(=O)c2cc1Cl. The van der Waals surface area contributed by atoms with E-state index < -0.39 is 28.1 Å². The summed E-state index contributed by atoms with van der Waals surface area (Å²) < 4.78 is 11.5. The van der Waals surface area contributed by atoms with Gasteiger partial charge in [-0.3, -0.25) is 34.2 Å². The van der Waals surface area contributed by atoms with Crippen LogP contribution in [0.1, 0.15) is 39.1 Å². The smallest absolute Gasteiger partial charge is 0.311 e. The average Bonchev–Trinajstić information content (AvgIpc) is 3.16. The monoisotopic (exact) mass is 580 g/mol. The van der Waals surface area contributed by atoms with Crippen LogP contribution in [0, 0.1) is 17.0 Å². The maximum absolute atomic E-state index is 13.4. The van der Waals surface area contributed by atoms with Crippen molar-refractivity contribution in [3.8, 4) is 17.1 Å². The summed E-state index contributed by atoms with van der Waals surface area (Å²) in [5, 5.41) is 11.7. The van der Waals surface area contributed by atoms with Gasteiger partial charge in [0.25, 0.3) is 17.5 Å². The minimum atomic E-state index is -0.814. The molecule has 3 aromatic carbocycles. The lowest BCUT2D eigenvalue weighted by atomic mass is 10.1. The maximum Gasteiger partial charge on any atom is 0.311 e. The van der Waals surface area contributed by atoms with Crippen LogP contribution < -0.4 is 10.2 Å². The van der Waals surface area contributed by atoms with Gasteiger partial charge in [-0.25, -0.2) is 0 Å². The van der Waals surface area contributed by atoms with Crippen molar-refractivity contribution in [3.63, 3.8) is 0 Å². The van der Waals surface area contributed by atoms with Crippen LogP contribution in [0.4, 0.5) is 5.69 Å². The number of esters is 1. The van der Waals surface area contributed by atoms with Gasteiger partial charge in [0.05, 0.1) is 26.5 Å². The molecule has 0 atom stereocenters. The Morgan fingerprint density at radius 1 is 0.975 bits per heavy atom. The van der Waals surface area contributed by atoms with Crippen LogP contribution in [0.2, 0.25) is 10.0 Å². The van der Waals surface area contributed by atoms with E-state index in [1.165, 1.54) is 12.1 Å². The molecule has 0 N–H and O–H groups in total. The lowest BCUT2D eigenvalue weighted by Crippen LogP contribution is -2.31. The molecule has 0 aliphatic carbocycles. The minimum Gasteiger partial charge on any atom is -0.452 e. The first-order valence-corrected chi connectivity index (χ1v) is 12.7. The van der Waals surface area contributed by atoms with Crippen LogP contribution >= 0.6 is 23.2 Å². The number of carbonyl (C=O) groups is 3. The number of nitrogens with zero attached hydrogens (tertiary/aromatic N) is 2. The van der Waals surface area contributed by atoms with E-state index in [0.29, 0.717) is 16.1 Å². The van der Waals surface area contributed by atoms with E-state index in [1.54, 1.807) is 37.3 Å². The molecule has 0 bridgehead atoms. The fourth-order valence-corrected chi connectivity index (χ4v) is 4.74. The first kappa shape index (κ1) is 27.0. The molecule has 10 nitrogen and oxygen atoms in total. The number of non-ortho nitro benzene ring substituents is 1. The highest BCUT2D eigenvalue weighted by Gasteiger charge is 2.36. The Kier molecular flexibility index (Phi) is 7.14. The van der Waals surface area contributed by atoms with Crippen LogP contribution in [0.25, 0.3) is 22.3 Å². The van der Waals surface area contributed by atoms with Gasteiger partial charge in [0.15, 0.2) is 5.76 Å². The Morgan fingerprint density at radius 2 is 1.70 bits per heavy atom. The number of hydrogen-bond acceptors (Lipinski definition) is 8. The van der Waals surface area contributed by atoms with Crippen LogP contribution in [0.5, 0.6) is 5.75 Å². The highest BCUT2D eigenvalue weighted by molar-refractivity contribution is 6.33. The summed E-state index contributed by atoms with van der Waals surface area (Å²) in [6, 6.07) is 13.0. The highest BCUT2D eigenvalue weighted by atomic mass is 35.5. The predicted molar refractivity (Wildman–Crippen MR) is 146 cm³/mol. The van der Waals surface area contributed by atoms with Gasteiger partial charge in [-0.1, -0.05) is 35.3 Å². The molecule has 0 unspecified atom stereocenters. The van der Waals surface area contributed by atoms with E-state index in [0.717, 1.165) is 17.0 Å². The quantitative estimate of drug-likeness (QED) is 0.113. The largest absolute Gasteiger partial charge is 0.452 e. The van der Waals surface area contributed by atoms with Gasteiger partial charge in [0, 0.05) is 35.7 Å². The zero-order valence-corrected chi connectivity index (χ0v) is 22.2. The van der Waals surface area contributed by atoms with Gasteiger partial charge in [-0.05, 0) is 49.2 Å². The number of hydrogen-bond donors (Lipinski definition) is 0. The van der Waals surface area contributed by atoms with Crippen molar-refractivity contribution in [2.24, 2.45) is 0 Å². The summed E-state index contributed by atoms with van der Waals surface area (Å²) in [4.78, 5) is 62.9. The van der Waals surface area contributed by atoms with Crippen molar-refractivity contribution < 1.29 is 28.5 Å². The number of nitro benzene ring substituents is 1. The number of amides is 2. The third-order valence-corrected chi connectivity index (χ3v) is 7.13. The lowest BCUT2D eigenvalue weighted by molar-refractivity contribution is -0.384. The van der Waals surface area contributed by atoms with Crippen molar-refractivity contribution in [2.75, 3.05) is 6.54 Å². The molecule has 2 amide bonds. The molecule has 0 saturated carbocycles. The Hall–Kier alpha value is -4.54. The summed E-state index contributed by atoms with van der Waals surface area (Å²) in [6.45, 7) is 1.61. The Morgan fingerprint density at radius 3 is 2.42 bits per heavy atom. The van der Waals surface area contributed by atoms with E-state index >= 15 is 0 Å². The fourth-order valence-electron chi connectivity index (χ4n) is 4.36. The van der Waals surface area contributed by atoms with Gasteiger partial charge >= 0.3 is 5.97 Å². The van der Waals surface area contributed by atoms with E-state index in [4.69, 9.17) is 32.4 Å². The fraction of sp³-hybridized carbons (Fsp3) is 0.143. The number of aryl methyl sites for hydroxylation is 1. The molecular weight excluding hydrogens is 563 g/mol. The molecule has 0 spiro atoms. The van der Waals surface area contributed by atoms with Gasteiger partial charge in [0.2, 0.25) is 11.2 Å². The number of halogens is 2. The number of benzene rings is 3. The molecule has 1 aromatic heterocycles. The number of nitro groups is 1. The van der Waals surface area contributed by atoms with Crippen LogP contribution in [0.3, 0.4) is 0 Å². The lowest BCUT2D eigenvalue weighted by Gasteiger charge is -2.14. The van der Waals surface area contributed by atoms with Crippen LogP contribution in [-0.4, -0.2) is 34.2 Å². The van der Waals surface area contributed by atoms with Crippen molar-refractivity contribution in [1.29, 1.82) is 0 Å². The van der Waals surface area contributed by atoms with Crippen molar-refractivity contribution >= 4 is 57.6 Å². The van der Waals surface area contributed by atoms with Crippen LogP contribution in [-0.2, 0) is 4.79 Å². The molecule has 202 valence electrons. The van der Waals surface area contributed by atoms with Gasteiger partial charge in [-0.2, -0.15) is 0 Å². The average molecular weight is 581 g/mol. The zero-order chi connectivity index (χ0) is 28.7. The third kappa shape index (κ3) is 4.83. The van der Waals surface area contributed by atoms with E-state index in [1.807, 2.05) is 0 Å². The highest BCUT2D eigenvalue weighted by Crippen LogP contribution is 2.36. The second-order valence-electron chi connectivity index (χ2n) is 8.99. The molecular formula is C28H18Cl2N2O8. The van der Waals surface area contributed by atoms with Crippen molar-refractivity contribution in [2.45, 2.75) is 19.8 Å². The number of fused-ring (bicyclic) bond motifs is 2. The molecule has 0 radical (unpaired) electrons. The summed E-state index contributed by atoms with van der Waals surface area (Å²) in [5.74, 6) is -2.55. The summed E-state index contributed by atoms with van der Waals surface area (Å²) in [6.07, 6.45) is -0.251. The van der Waals surface area contributed by atoms with E-state index in [2.05, 4.69) is 0 Å². The summed E-state index contributed by atoms with van der Waals surface area (Å²) >= 11 is 12.6. The first-order valence-electron chi connectivity index (χ1n) is 11.9. The number of imide groups is 1. The van der Waals surface area contributed by atoms with Crippen molar-refractivity contribution in [3.05, 3.63) is 102 Å². The predicted octanol–water partition coefficient (Wildman–Crippen LogP) is 5.97. The van der Waals surface area contributed by atoms with E-state index in [-0.39, 0.29) is 63.7 Å². The Labute approximate surface area is 235 Å². The topological polar surface area (TPSA) is 137 Å². The standard InChI is InChI=1S/C28H18Cl2N2O8/c1-14-11-22-19(13-21(14)30)24(34)26(25(39-22)17-5-2-3-6-20(17)29)40-23(33)7-4-10-31-27(35)16-9-8-15(32(37)38)12-18(16)28(31)36/h2-3,5-6,8-9,11-13H,4,7,10H2,1H3. The molecule has 0 saturated heterocycles. The molecule has 40 heavy (non-hydrogen) atoms. The number of rotatable bonds is 7. The van der Waals surface area contributed by atoms with E-state index in [9.17, 15) is 29.3 Å². The van der Waals surface area contributed by atoms with Gasteiger partial charge < -0.3 is 9.15 Å². The summed E-state index contributed by atoms with van der Waals surface area (Å²) in [5.41, 5.74) is 0.263. The molecule has 4 aromatic rings. The Balaban J connectivity index is 1.37. The molecule has 0 fully saturated rings. The second kappa shape index (κ2) is 10.6. The second-order valence-corrected chi connectivity index (χ2v) is 9.81. The molecule has 1 aliphatic heterocycles. The maximum atomic E-state index is 13.4. The third-order valence-electron chi connectivity index (χ3n) is 6.39. The molecule has 5 rings (SSSR count). The first-order chi connectivity index (χ1) is 19.1. The minimum absolute atomic E-state index is 0.0117. The molecule has 1 aliphatic rings. The zero-order valence-electron chi connectivity index (χ0n) is 20.7. The summed E-state index contributed by atoms with van der Waals surface area (Å²) in [7, 11) is 0. The van der Waals surface area contributed by atoms with Gasteiger partial charge in [-0.15, -0.1) is 0 Å². The molecule has 2 heterocycles. The molecule has 12 heteroatoms. The van der Waals surface area contributed by atoms with Crippen molar-refractivity contribution in [1.82, 2.24) is 4.90 Å². The number of carbonyl (C=O) groups excluding carboxylic acids is 3. The normalized spacial score (nSPS) is 12.6. The number of ether oxygens (including phenoxy) is 1.